The van der Waals surface area contributed by atoms with Crippen LogP contribution in [0.4, 0.5) is 0 Å². The zero-order valence-electron chi connectivity index (χ0n) is 18.4. The predicted molar refractivity (Wildman–Crippen MR) is 125 cm³/mol. The number of fused-ring (bicyclic) bond motifs is 3. The minimum atomic E-state index is -0.0545. The molecule has 0 amide bonds. The molecule has 0 radical (unpaired) electrons. The molecule has 1 aliphatic rings. The van der Waals surface area contributed by atoms with E-state index in [1.165, 1.54) is 40.8 Å². The van der Waals surface area contributed by atoms with E-state index in [1.54, 1.807) is 11.3 Å². The molecule has 0 bridgehead atoms. The van der Waals surface area contributed by atoms with E-state index < -0.39 is 0 Å². The Hall–Kier alpha value is -1.62. The molecule has 0 spiro atoms. The molecule has 3 rings (SSSR count). The summed E-state index contributed by atoms with van der Waals surface area (Å²) in [7, 11) is 0. The van der Waals surface area contributed by atoms with E-state index in [4.69, 9.17) is 10.8 Å². The van der Waals surface area contributed by atoms with Gasteiger partial charge in [0.2, 0.25) is 0 Å². The van der Waals surface area contributed by atoms with Crippen LogP contribution in [-0.4, -0.2) is 9.66 Å². The van der Waals surface area contributed by atoms with Crippen molar-refractivity contribution in [2.24, 2.45) is 11.3 Å². The number of aryl methyl sites for hydroxylation is 2. The Kier molecular flexibility index (Phi) is 7.20. The van der Waals surface area contributed by atoms with Crippen LogP contribution in [0.15, 0.2) is 17.4 Å². The van der Waals surface area contributed by atoms with Crippen molar-refractivity contribution in [1.29, 1.82) is 0 Å². The van der Waals surface area contributed by atoms with Gasteiger partial charge in [0.15, 0.2) is 0 Å². The first kappa shape index (κ1) is 22.1. The molecule has 1 atom stereocenters. The van der Waals surface area contributed by atoms with Gasteiger partial charge in [-0.15, -0.1) is 17.9 Å². The number of thiophene rings is 1. The number of hydrogen-bond donors (Lipinski definition) is 1. The van der Waals surface area contributed by atoms with E-state index in [0.717, 1.165) is 61.0 Å². The van der Waals surface area contributed by atoms with Gasteiger partial charge >= 0.3 is 0 Å². The third-order valence-electron chi connectivity index (χ3n) is 6.47. The van der Waals surface area contributed by atoms with Crippen LogP contribution < -0.4 is 11.4 Å². The molecule has 4 nitrogen and oxygen atoms in total. The van der Waals surface area contributed by atoms with Crippen LogP contribution >= 0.6 is 11.3 Å². The molecular weight excluding hydrogens is 378 g/mol. The van der Waals surface area contributed by atoms with Gasteiger partial charge in [-0.05, 0) is 55.4 Å². The van der Waals surface area contributed by atoms with Crippen molar-refractivity contribution in [3.8, 4) is 0 Å². The van der Waals surface area contributed by atoms with Gasteiger partial charge in [-0.3, -0.25) is 4.79 Å². The third kappa shape index (κ3) is 5.11. The summed E-state index contributed by atoms with van der Waals surface area (Å²) in [5.74, 6) is 7.57. The largest absolute Gasteiger partial charge is 0.335 e. The van der Waals surface area contributed by atoms with Gasteiger partial charge in [-0.1, -0.05) is 52.5 Å². The first-order valence-corrected chi connectivity index (χ1v) is 12.1. The minimum Gasteiger partial charge on any atom is -0.335 e. The first-order valence-electron chi connectivity index (χ1n) is 11.2. The number of allylic oxidation sites excluding steroid dienone is 1. The number of unbranched alkanes of at least 4 members (excludes halogenated alkanes) is 6. The molecule has 0 aromatic carbocycles. The summed E-state index contributed by atoms with van der Waals surface area (Å²) < 4.78 is 1.31. The molecule has 2 heterocycles. The molecule has 1 unspecified atom stereocenters. The van der Waals surface area contributed by atoms with E-state index >= 15 is 0 Å². The summed E-state index contributed by atoms with van der Waals surface area (Å²) in [6, 6.07) is 0. The summed E-state index contributed by atoms with van der Waals surface area (Å²) in [6.07, 6.45) is 14.3. The summed E-state index contributed by atoms with van der Waals surface area (Å²) in [6.45, 7) is 10.7. The second-order valence-electron chi connectivity index (χ2n) is 9.64. The first-order chi connectivity index (χ1) is 13.8. The van der Waals surface area contributed by atoms with Crippen LogP contribution in [-0.2, 0) is 19.3 Å². The standard InChI is InChI=1S/C24H37N3OS/c1-5-6-7-8-9-10-11-12-13-20-26-22-21(23(28)27(20)25)18-15-14-17(24(2,3)4)16-19(18)29-22/h5,17H,1,6-16,25H2,2-4H3. The fourth-order valence-electron chi connectivity index (χ4n) is 4.47. The van der Waals surface area contributed by atoms with Crippen LogP contribution in [0.2, 0.25) is 0 Å². The molecule has 160 valence electrons. The fraction of sp³-hybridized carbons (Fsp3) is 0.667. The number of nitrogen functional groups attached to an aromatic ring is 1. The van der Waals surface area contributed by atoms with Gasteiger partial charge in [-0.25, -0.2) is 9.66 Å². The average molecular weight is 416 g/mol. The Bertz CT molecular complexity index is 903. The Morgan fingerprint density at radius 2 is 1.90 bits per heavy atom. The quantitative estimate of drug-likeness (QED) is 0.321. The van der Waals surface area contributed by atoms with Crippen LogP contribution in [0.5, 0.6) is 0 Å². The maximum absolute atomic E-state index is 13.0. The lowest BCUT2D eigenvalue weighted by Gasteiger charge is -2.33. The highest BCUT2D eigenvalue weighted by atomic mass is 32.1. The van der Waals surface area contributed by atoms with E-state index in [9.17, 15) is 4.79 Å². The zero-order chi connectivity index (χ0) is 21.0. The number of aromatic nitrogens is 2. The van der Waals surface area contributed by atoms with Crippen molar-refractivity contribution < 1.29 is 0 Å². The molecule has 0 aliphatic heterocycles. The molecule has 0 saturated heterocycles. The van der Waals surface area contributed by atoms with Crippen LogP contribution in [0.1, 0.15) is 88.4 Å². The molecule has 0 saturated carbocycles. The second-order valence-corrected chi connectivity index (χ2v) is 10.7. The summed E-state index contributed by atoms with van der Waals surface area (Å²) in [4.78, 5) is 20.1. The third-order valence-corrected chi connectivity index (χ3v) is 7.62. The highest BCUT2D eigenvalue weighted by molar-refractivity contribution is 7.18. The Morgan fingerprint density at radius 3 is 2.59 bits per heavy atom. The van der Waals surface area contributed by atoms with Gasteiger partial charge < -0.3 is 5.84 Å². The smallest absolute Gasteiger partial charge is 0.280 e. The fourth-order valence-corrected chi connectivity index (χ4v) is 5.78. The topological polar surface area (TPSA) is 60.9 Å². The van der Waals surface area contributed by atoms with Crippen molar-refractivity contribution in [2.75, 3.05) is 5.84 Å². The lowest BCUT2D eigenvalue weighted by atomic mass is 9.72. The van der Waals surface area contributed by atoms with Gasteiger partial charge in [0.1, 0.15) is 10.7 Å². The van der Waals surface area contributed by atoms with Crippen LogP contribution in [0.3, 0.4) is 0 Å². The van der Waals surface area contributed by atoms with Crippen molar-refractivity contribution in [3.63, 3.8) is 0 Å². The second kappa shape index (κ2) is 9.46. The highest BCUT2D eigenvalue weighted by Gasteiger charge is 2.32. The van der Waals surface area contributed by atoms with Crippen molar-refractivity contribution in [2.45, 2.75) is 91.4 Å². The lowest BCUT2D eigenvalue weighted by Crippen LogP contribution is -2.32. The summed E-state index contributed by atoms with van der Waals surface area (Å²) in [5, 5.41) is 0.783. The SMILES string of the molecule is C=CCCCCCCCCc1nc2sc3c(c2c(=O)n1N)CCC(C(C)(C)C)C3. The normalized spacial score (nSPS) is 16.9. The molecule has 29 heavy (non-hydrogen) atoms. The van der Waals surface area contributed by atoms with Crippen LogP contribution in [0.25, 0.3) is 10.2 Å². The highest BCUT2D eigenvalue weighted by Crippen LogP contribution is 2.42. The Balaban J connectivity index is 1.68. The number of nitrogens with zero attached hydrogens (tertiary/aromatic N) is 2. The monoisotopic (exact) mass is 415 g/mol. The molecule has 0 fully saturated rings. The maximum Gasteiger partial charge on any atom is 0.280 e. The van der Waals surface area contributed by atoms with Gasteiger partial charge in [0, 0.05) is 11.3 Å². The molecular formula is C24H37N3OS. The average Bonchev–Trinajstić information content (AvgIpc) is 3.04. The molecule has 2 aromatic heterocycles. The van der Waals surface area contributed by atoms with Gasteiger partial charge in [0.05, 0.1) is 5.39 Å². The summed E-state index contributed by atoms with van der Waals surface area (Å²) in [5.41, 5.74) is 1.46. The van der Waals surface area contributed by atoms with E-state index in [-0.39, 0.29) is 5.56 Å². The van der Waals surface area contributed by atoms with Crippen molar-refractivity contribution >= 4 is 21.6 Å². The van der Waals surface area contributed by atoms with E-state index in [1.807, 2.05) is 6.08 Å². The number of nitrogens with two attached hydrogens (primary N) is 1. The Labute approximate surface area is 179 Å². The molecule has 2 aromatic rings. The number of rotatable bonds is 9. The van der Waals surface area contributed by atoms with E-state index in [0.29, 0.717) is 11.3 Å². The minimum absolute atomic E-state index is 0.0545. The van der Waals surface area contributed by atoms with Crippen LogP contribution in [0, 0.1) is 11.3 Å². The molecule has 2 N–H and O–H groups in total. The van der Waals surface area contributed by atoms with E-state index in [2.05, 4.69) is 27.4 Å². The lowest BCUT2D eigenvalue weighted by molar-refractivity contribution is 0.218. The summed E-state index contributed by atoms with van der Waals surface area (Å²) >= 11 is 1.72. The maximum atomic E-state index is 13.0. The van der Waals surface area contributed by atoms with Crippen molar-refractivity contribution in [1.82, 2.24) is 9.66 Å². The molecule has 1 aliphatic carbocycles. The predicted octanol–water partition coefficient (Wildman–Crippen LogP) is 5.78. The van der Waals surface area contributed by atoms with Gasteiger partial charge in [-0.2, -0.15) is 0 Å². The molecule has 5 heteroatoms. The Morgan fingerprint density at radius 1 is 1.21 bits per heavy atom. The number of hydrogen-bond acceptors (Lipinski definition) is 4. The van der Waals surface area contributed by atoms with Gasteiger partial charge in [0.25, 0.3) is 5.56 Å². The van der Waals surface area contributed by atoms with Crippen molar-refractivity contribution in [3.05, 3.63) is 39.3 Å². The zero-order valence-corrected chi connectivity index (χ0v) is 19.2.